The van der Waals surface area contributed by atoms with Gasteiger partial charge in [-0.25, -0.2) is 0 Å². The van der Waals surface area contributed by atoms with Crippen LogP contribution >= 0.6 is 0 Å². The standard InChI is InChI=1S/C41H67N3O7/c1-22(45)49-21-32-30-7-8-31-36-25(15-27(46)16-34(36)48-3)18-41(13-12-23(17-41)14-24-4-11-35(42)44-19-24)37(31)40(30)51-38(32)28-9-10-33(47)39-29(28)6-5-26(43-2)20-50-39/h5-6,23-40,43-44,46-47H,4,7-21,42H2,1-3H3. The predicted octanol–water partition coefficient (Wildman–Crippen LogP) is 3.77. The molecule has 19 atom stereocenters. The SMILES string of the molecule is CNC1C=CC2C(C3OC4C(CCC5C6C(CC(O)CC6OC)CC6(CCC(CC7CCC(N)NC7)C6)C54)C3COC(C)=O)CCC(O)C2OC1. The number of aliphatic hydroxyl groups is 2. The maximum atomic E-state index is 12.4. The monoisotopic (exact) mass is 713 g/mol. The van der Waals surface area contributed by atoms with Crippen LogP contribution in [0.1, 0.15) is 90.4 Å². The van der Waals surface area contributed by atoms with Crippen molar-refractivity contribution < 1.29 is 34.0 Å². The zero-order valence-electron chi connectivity index (χ0n) is 31.4. The lowest BCUT2D eigenvalue weighted by Gasteiger charge is -2.61. The quantitative estimate of drug-likeness (QED) is 0.195. The van der Waals surface area contributed by atoms with Gasteiger partial charge >= 0.3 is 5.97 Å². The van der Waals surface area contributed by atoms with Crippen LogP contribution in [0.5, 0.6) is 0 Å². The highest BCUT2D eigenvalue weighted by Gasteiger charge is 2.66. The molecule has 0 aromatic carbocycles. The number of hydrogen-bond donors (Lipinski definition) is 5. The molecule has 288 valence electrons. The molecular weight excluding hydrogens is 646 g/mol. The van der Waals surface area contributed by atoms with Crippen molar-refractivity contribution in [3.8, 4) is 0 Å². The van der Waals surface area contributed by atoms with E-state index in [0.717, 1.165) is 51.5 Å². The Morgan fingerprint density at radius 2 is 1.80 bits per heavy atom. The van der Waals surface area contributed by atoms with E-state index in [1.54, 1.807) is 0 Å². The summed E-state index contributed by atoms with van der Waals surface area (Å²) in [5.41, 5.74) is 6.39. The maximum absolute atomic E-state index is 12.4. The smallest absolute Gasteiger partial charge is 0.302 e. The molecule has 5 saturated carbocycles. The Kier molecular flexibility index (Phi) is 11.0. The lowest BCUT2D eigenvalue weighted by Crippen LogP contribution is -2.59. The molecule has 3 aliphatic heterocycles. The minimum Gasteiger partial charge on any atom is -0.465 e. The largest absolute Gasteiger partial charge is 0.465 e. The predicted molar refractivity (Wildman–Crippen MR) is 193 cm³/mol. The number of nitrogens with two attached hydrogens (primary N) is 1. The first kappa shape index (κ1) is 36.8. The third-order valence-electron chi connectivity index (χ3n) is 15.9. The van der Waals surface area contributed by atoms with Gasteiger partial charge in [0.25, 0.3) is 0 Å². The Morgan fingerprint density at radius 1 is 0.980 bits per heavy atom. The molecule has 0 amide bonds. The van der Waals surface area contributed by atoms with E-state index in [1.165, 1.54) is 39.0 Å². The molecule has 19 unspecified atom stereocenters. The summed E-state index contributed by atoms with van der Waals surface area (Å²) < 4.78 is 26.3. The maximum Gasteiger partial charge on any atom is 0.302 e. The molecule has 1 spiro atoms. The van der Waals surface area contributed by atoms with E-state index in [0.29, 0.717) is 61.1 Å². The Hall–Kier alpha value is -1.11. The van der Waals surface area contributed by atoms with Crippen LogP contribution in [0, 0.1) is 64.6 Å². The molecule has 10 heteroatoms. The molecule has 10 nitrogen and oxygen atoms in total. The summed E-state index contributed by atoms with van der Waals surface area (Å²) in [5.74, 6) is 3.70. The minimum atomic E-state index is -0.497. The van der Waals surface area contributed by atoms with Crippen LogP contribution in [0.25, 0.3) is 0 Å². The second-order valence-electron chi connectivity index (χ2n) is 18.5. The van der Waals surface area contributed by atoms with Crippen LogP contribution in [0.2, 0.25) is 0 Å². The van der Waals surface area contributed by atoms with Crippen LogP contribution in [-0.4, -0.2) is 98.9 Å². The Morgan fingerprint density at radius 3 is 2.57 bits per heavy atom. The van der Waals surface area contributed by atoms with E-state index >= 15 is 0 Å². The van der Waals surface area contributed by atoms with Crippen molar-refractivity contribution in [2.45, 2.75) is 139 Å². The zero-order valence-corrected chi connectivity index (χ0v) is 31.4. The first-order valence-electron chi connectivity index (χ1n) is 20.8. The minimum absolute atomic E-state index is 0.0448. The van der Waals surface area contributed by atoms with Crippen molar-refractivity contribution in [3.63, 3.8) is 0 Å². The van der Waals surface area contributed by atoms with E-state index in [9.17, 15) is 15.0 Å². The molecule has 3 heterocycles. The molecule has 5 aliphatic carbocycles. The average Bonchev–Trinajstić information content (AvgIpc) is 3.60. The topological polar surface area (TPSA) is 145 Å². The van der Waals surface area contributed by atoms with Crippen molar-refractivity contribution in [1.82, 2.24) is 10.6 Å². The van der Waals surface area contributed by atoms with Crippen LogP contribution in [0.15, 0.2) is 12.2 Å². The number of ether oxygens (including phenoxy) is 4. The number of rotatable bonds is 7. The van der Waals surface area contributed by atoms with Gasteiger partial charge in [0.1, 0.15) is 0 Å². The van der Waals surface area contributed by atoms with Crippen molar-refractivity contribution in [2.24, 2.45) is 70.3 Å². The van der Waals surface area contributed by atoms with Crippen LogP contribution in [0.3, 0.4) is 0 Å². The lowest BCUT2D eigenvalue weighted by molar-refractivity contribution is -0.193. The Labute approximate surface area is 305 Å². The van der Waals surface area contributed by atoms with Crippen LogP contribution < -0.4 is 16.4 Å². The number of carbonyl (C=O) groups excluding carboxylic acids is 1. The number of piperidine rings is 1. The molecule has 8 aliphatic rings. The van der Waals surface area contributed by atoms with Crippen LogP contribution in [-0.2, 0) is 23.7 Å². The summed E-state index contributed by atoms with van der Waals surface area (Å²) in [7, 11) is 3.81. The van der Waals surface area contributed by atoms with E-state index < -0.39 is 6.10 Å². The third-order valence-corrected chi connectivity index (χ3v) is 15.9. The number of carbonyl (C=O) groups is 1. The Bertz CT molecular complexity index is 1250. The number of fused-ring (bicyclic) bond motifs is 7. The van der Waals surface area contributed by atoms with E-state index in [1.807, 2.05) is 14.2 Å². The molecule has 0 bridgehead atoms. The van der Waals surface area contributed by atoms with Gasteiger partial charge in [0.15, 0.2) is 0 Å². The number of aliphatic hydroxyl groups excluding tert-OH is 2. The zero-order chi connectivity index (χ0) is 35.4. The highest BCUT2D eigenvalue weighted by Crippen LogP contribution is 2.68. The molecule has 0 aromatic rings. The summed E-state index contributed by atoms with van der Waals surface area (Å²) in [4.78, 5) is 12.4. The van der Waals surface area contributed by atoms with Crippen molar-refractivity contribution in [2.75, 3.05) is 33.9 Å². The van der Waals surface area contributed by atoms with Crippen LogP contribution in [0.4, 0.5) is 0 Å². The second kappa shape index (κ2) is 15.2. The normalized spacial score (nSPS) is 52.4. The molecule has 8 rings (SSSR count). The number of methoxy groups -OCH3 is 1. The first-order valence-corrected chi connectivity index (χ1v) is 20.8. The van der Waals surface area contributed by atoms with Crippen molar-refractivity contribution >= 4 is 5.97 Å². The number of hydrogen-bond acceptors (Lipinski definition) is 10. The summed E-state index contributed by atoms with van der Waals surface area (Å²) in [6, 6.07) is 0.113. The van der Waals surface area contributed by atoms with Gasteiger partial charge in [-0.2, -0.15) is 0 Å². The van der Waals surface area contributed by atoms with Gasteiger partial charge in [-0.1, -0.05) is 12.2 Å². The summed E-state index contributed by atoms with van der Waals surface area (Å²) >= 11 is 0. The summed E-state index contributed by atoms with van der Waals surface area (Å²) in [5, 5.41) is 29.2. The second-order valence-corrected chi connectivity index (χ2v) is 18.5. The van der Waals surface area contributed by atoms with Gasteiger partial charge in [0, 0.05) is 31.9 Å². The first-order chi connectivity index (χ1) is 24.7. The molecule has 6 N–H and O–H groups in total. The van der Waals surface area contributed by atoms with Gasteiger partial charge in [-0.05, 0) is 150 Å². The lowest BCUT2D eigenvalue weighted by atomic mass is 9.45. The molecule has 51 heavy (non-hydrogen) atoms. The highest BCUT2D eigenvalue weighted by molar-refractivity contribution is 5.65. The average molecular weight is 714 g/mol. The molecular formula is C41H67N3O7. The van der Waals surface area contributed by atoms with E-state index in [2.05, 4.69) is 22.8 Å². The van der Waals surface area contributed by atoms with Gasteiger partial charge in [-0.3, -0.25) is 4.79 Å². The van der Waals surface area contributed by atoms with E-state index in [-0.39, 0.29) is 71.9 Å². The van der Waals surface area contributed by atoms with E-state index in [4.69, 9.17) is 24.7 Å². The van der Waals surface area contributed by atoms with Gasteiger partial charge < -0.3 is 45.5 Å². The molecule has 0 radical (unpaired) electrons. The number of likely N-dealkylation sites (N-methyl/N-ethyl adjacent to an activating group) is 1. The summed E-state index contributed by atoms with van der Waals surface area (Å²) in [6.07, 6.45) is 17.6. The van der Waals surface area contributed by atoms with Gasteiger partial charge in [0.2, 0.25) is 0 Å². The Balaban J connectivity index is 1.12. The molecule has 2 saturated heterocycles. The third kappa shape index (κ3) is 7.00. The highest BCUT2D eigenvalue weighted by atomic mass is 16.5. The fourth-order valence-electron chi connectivity index (χ4n) is 13.9. The fraction of sp³-hybridized carbons (Fsp3) is 0.927. The summed E-state index contributed by atoms with van der Waals surface area (Å²) in [6.45, 7) is 3.49. The number of nitrogens with one attached hydrogen (secondary N) is 2. The molecule has 7 fully saturated rings. The molecule has 0 aromatic heterocycles. The van der Waals surface area contributed by atoms with Crippen molar-refractivity contribution in [3.05, 3.63) is 12.2 Å². The fourth-order valence-corrected chi connectivity index (χ4v) is 13.9. The van der Waals surface area contributed by atoms with Gasteiger partial charge in [0.05, 0.1) is 56.0 Å². The van der Waals surface area contributed by atoms with Gasteiger partial charge in [-0.15, -0.1) is 0 Å². The van der Waals surface area contributed by atoms with Crippen molar-refractivity contribution in [1.29, 1.82) is 0 Å². The number of esters is 1.